The molecule has 0 bridgehead atoms. The molecular formula is C19H19N5O2. The molecule has 0 atom stereocenters. The molecule has 0 aromatic carbocycles. The van der Waals surface area contributed by atoms with Gasteiger partial charge in [0.05, 0.1) is 24.0 Å². The molecule has 0 aliphatic carbocycles. The first-order valence-corrected chi connectivity index (χ1v) is 8.49. The lowest BCUT2D eigenvalue weighted by atomic mass is 10.2. The van der Waals surface area contributed by atoms with Gasteiger partial charge in [-0.3, -0.25) is 4.40 Å². The number of hydrogen-bond donors (Lipinski definition) is 1. The lowest BCUT2D eigenvalue weighted by molar-refractivity contribution is 0.229. The number of rotatable bonds is 5. The van der Waals surface area contributed by atoms with Crippen molar-refractivity contribution in [3.05, 3.63) is 48.0 Å². The second kappa shape index (κ2) is 6.68. The first kappa shape index (κ1) is 16.4. The fourth-order valence-electron chi connectivity index (χ4n) is 2.92. The van der Waals surface area contributed by atoms with Crippen LogP contribution in [-0.4, -0.2) is 42.7 Å². The topological polar surface area (TPSA) is 85.4 Å². The molecular weight excluding hydrogens is 330 g/mol. The number of fused-ring (bicyclic) bond motifs is 3. The van der Waals surface area contributed by atoms with Crippen LogP contribution in [0, 0.1) is 13.8 Å². The predicted molar refractivity (Wildman–Crippen MR) is 98.2 cm³/mol. The van der Waals surface area contributed by atoms with Crippen molar-refractivity contribution in [2.45, 2.75) is 20.3 Å². The molecule has 0 unspecified atom stereocenters. The van der Waals surface area contributed by atoms with Crippen LogP contribution in [0.2, 0.25) is 0 Å². The molecule has 0 spiro atoms. The van der Waals surface area contributed by atoms with E-state index >= 15 is 0 Å². The minimum absolute atomic E-state index is 0.0911. The van der Waals surface area contributed by atoms with Crippen molar-refractivity contribution in [3.8, 4) is 17.3 Å². The lowest BCUT2D eigenvalue weighted by Gasteiger charge is -2.09. The summed E-state index contributed by atoms with van der Waals surface area (Å²) in [7, 11) is 0. The van der Waals surface area contributed by atoms with Gasteiger partial charge in [-0.2, -0.15) is 0 Å². The summed E-state index contributed by atoms with van der Waals surface area (Å²) in [6.45, 7) is 4.44. The molecule has 132 valence electrons. The zero-order valence-corrected chi connectivity index (χ0v) is 14.7. The standard InChI is InChI=1S/C19H19N5O2/c1-12-4-5-15-19(22-12)24-16(13(2)23-15)11-21-18(24)14-6-7-20-17(10-14)26-9-3-8-25/h4-7,10-11,25H,3,8-9H2,1-2H3. The van der Waals surface area contributed by atoms with Gasteiger partial charge in [0.25, 0.3) is 0 Å². The van der Waals surface area contributed by atoms with Crippen molar-refractivity contribution in [2.75, 3.05) is 13.2 Å². The van der Waals surface area contributed by atoms with Crippen LogP contribution in [0.1, 0.15) is 17.8 Å². The van der Waals surface area contributed by atoms with E-state index in [0.717, 1.165) is 39.5 Å². The van der Waals surface area contributed by atoms with Gasteiger partial charge in [-0.1, -0.05) is 0 Å². The Kier molecular flexibility index (Phi) is 4.22. The van der Waals surface area contributed by atoms with Crippen LogP contribution >= 0.6 is 0 Å². The van der Waals surface area contributed by atoms with Crippen LogP contribution < -0.4 is 4.74 Å². The van der Waals surface area contributed by atoms with Crippen molar-refractivity contribution in [3.63, 3.8) is 0 Å². The maximum absolute atomic E-state index is 8.89. The Balaban J connectivity index is 1.88. The highest BCUT2D eigenvalue weighted by atomic mass is 16.5. The number of hydrogen-bond acceptors (Lipinski definition) is 6. The van der Waals surface area contributed by atoms with Crippen molar-refractivity contribution in [2.24, 2.45) is 0 Å². The molecule has 0 saturated heterocycles. The van der Waals surface area contributed by atoms with E-state index in [2.05, 4.69) is 19.9 Å². The molecule has 4 rings (SSSR count). The van der Waals surface area contributed by atoms with Gasteiger partial charge in [-0.25, -0.2) is 19.9 Å². The van der Waals surface area contributed by atoms with Crippen molar-refractivity contribution in [1.82, 2.24) is 24.3 Å². The monoisotopic (exact) mass is 349 g/mol. The molecule has 0 aliphatic heterocycles. The quantitative estimate of drug-likeness (QED) is 0.558. The summed E-state index contributed by atoms with van der Waals surface area (Å²) >= 11 is 0. The smallest absolute Gasteiger partial charge is 0.213 e. The van der Waals surface area contributed by atoms with Gasteiger partial charge >= 0.3 is 0 Å². The Morgan fingerprint density at radius 1 is 1.12 bits per heavy atom. The Morgan fingerprint density at radius 2 is 2.00 bits per heavy atom. The first-order valence-electron chi connectivity index (χ1n) is 8.49. The summed E-state index contributed by atoms with van der Waals surface area (Å²) in [5.74, 6) is 1.27. The molecule has 0 amide bonds. The van der Waals surface area contributed by atoms with E-state index in [9.17, 15) is 0 Å². The van der Waals surface area contributed by atoms with Crippen LogP contribution in [0.25, 0.3) is 28.1 Å². The van der Waals surface area contributed by atoms with Crippen molar-refractivity contribution >= 4 is 16.7 Å². The van der Waals surface area contributed by atoms with Crippen LogP contribution in [0.15, 0.2) is 36.7 Å². The zero-order valence-electron chi connectivity index (χ0n) is 14.7. The van der Waals surface area contributed by atoms with E-state index in [1.54, 1.807) is 6.20 Å². The third kappa shape index (κ3) is 2.86. The maximum atomic E-state index is 8.89. The van der Waals surface area contributed by atoms with Gasteiger partial charge in [-0.05, 0) is 32.0 Å². The number of aliphatic hydroxyl groups is 1. The van der Waals surface area contributed by atoms with Gasteiger partial charge in [0.2, 0.25) is 5.88 Å². The van der Waals surface area contributed by atoms with Crippen LogP contribution in [0.3, 0.4) is 0 Å². The van der Waals surface area contributed by atoms with Crippen molar-refractivity contribution < 1.29 is 9.84 Å². The molecule has 4 aromatic heterocycles. The minimum atomic E-state index is 0.0911. The molecule has 4 aromatic rings. The average molecular weight is 349 g/mol. The third-order valence-corrected chi connectivity index (χ3v) is 4.17. The second-order valence-corrected chi connectivity index (χ2v) is 6.10. The normalized spacial score (nSPS) is 11.3. The highest BCUT2D eigenvalue weighted by Crippen LogP contribution is 2.26. The number of imidazole rings is 1. The highest BCUT2D eigenvalue weighted by Gasteiger charge is 2.14. The predicted octanol–water partition coefficient (Wildman–Crippen LogP) is 2.72. The maximum Gasteiger partial charge on any atom is 0.213 e. The fourth-order valence-corrected chi connectivity index (χ4v) is 2.92. The number of aliphatic hydroxyl groups excluding tert-OH is 1. The molecule has 1 N–H and O–H groups in total. The Hall–Kier alpha value is -3.06. The number of ether oxygens (including phenoxy) is 1. The van der Waals surface area contributed by atoms with E-state index in [1.165, 1.54) is 0 Å². The minimum Gasteiger partial charge on any atom is -0.478 e. The van der Waals surface area contributed by atoms with Gasteiger partial charge < -0.3 is 9.84 Å². The molecule has 0 radical (unpaired) electrons. The first-order chi connectivity index (χ1) is 12.7. The van der Waals surface area contributed by atoms with E-state index in [4.69, 9.17) is 9.84 Å². The van der Waals surface area contributed by atoms with Gasteiger partial charge in [0.15, 0.2) is 5.65 Å². The summed E-state index contributed by atoms with van der Waals surface area (Å²) in [4.78, 5) is 18.1. The number of nitrogens with zero attached hydrogens (tertiary/aromatic N) is 5. The van der Waals surface area contributed by atoms with E-state index in [0.29, 0.717) is 18.9 Å². The molecule has 7 heteroatoms. The number of aryl methyl sites for hydroxylation is 2. The summed E-state index contributed by atoms with van der Waals surface area (Å²) in [6, 6.07) is 7.68. The van der Waals surface area contributed by atoms with Gasteiger partial charge in [-0.15, -0.1) is 0 Å². The van der Waals surface area contributed by atoms with E-state index in [-0.39, 0.29) is 6.61 Å². The molecule has 0 saturated carbocycles. The number of aromatic nitrogens is 5. The average Bonchev–Trinajstić information content (AvgIpc) is 3.09. The fraction of sp³-hybridized carbons (Fsp3) is 0.263. The lowest BCUT2D eigenvalue weighted by Crippen LogP contribution is -2.02. The zero-order chi connectivity index (χ0) is 18.1. The second-order valence-electron chi connectivity index (χ2n) is 6.10. The van der Waals surface area contributed by atoms with E-state index in [1.807, 2.05) is 48.7 Å². The summed E-state index contributed by atoms with van der Waals surface area (Å²) in [6.07, 6.45) is 4.07. The summed E-state index contributed by atoms with van der Waals surface area (Å²) in [5, 5.41) is 8.89. The Labute approximate surface area is 150 Å². The SMILES string of the molecule is Cc1ccc2nc(C)c3cnc(-c4ccnc(OCCCO)c4)n3c2n1. The highest BCUT2D eigenvalue weighted by molar-refractivity contribution is 5.79. The largest absolute Gasteiger partial charge is 0.478 e. The summed E-state index contributed by atoms with van der Waals surface area (Å²) < 4.78 is 7.62. The van der Waals surface area contributed by atoms with Crippen LogP contribution in [-0.2, 0) is 0 Å². The van der Waals surface area contributed by atoms with E-state index < -0.39 is 0 Å². The summed E-state index contributed by atoms with van der Waals surface area (Å²) in [5.41, 5.74) is 5.23. The Morgan fingerprint density at radius 3 is 2.85 bits per heavy atom. The van der Waals surface area contributed by atoms with Crippen LogP contribution in [0.4, 0.5) is 0 Å². The van der Waals surface area contributed by atoms with Gasteiger partial charge in [0, 0.05) is 36.5 Å². The molecule has 4 heterocycles. The van der Waals surface area contributed by atoms with Gasteiger partial charge in [0.1, 0.15) is 11.3 Å². The molecule has 26 heavy (non-hydrogen) atoms. The van der Waals surface area contributed by atoms with Crippen LogP contribution in [0.5, 0.6) is 5.88 Å². The molecule has 0 aliphatic rings. The number of pyridine rings is 2. The van der Waals surface area contributed by atoms with Crippen molar-refractivity contribution in [1.29, 1.82) is 0 Å². The third-order valence-electron chi connectivity index (χ3n) is 4.17. The molecule has 0 fully saturated rings. The molecule has 7 nitrogen and oxygen atoms in total. The Bertz CT molecular complexity index is 1090.